The topological polar surface area (TPSA) is 25.8 Å². The zero-order valence-corrected chi connectivity index (χ0v) is 10.6. The van der Waals surface area contributed by atoms with Gasteiger partial charge in [0.2, 0.25) is 0 Å². The van der Waals surface area contributed by atoms with Gasteiger partial charge in [-0.25, -0.2) is 0 Å². The zero-order valence-electron chi connectivity index (χ0n) is 7.51. The number of hydrogen-bond donors (Lipinski definition) is 0. The molecule has 0 fully saturated rings. The molecule has 0 N–H and O–H groups in total. The fraction of sp³-hybridized carbons (Fsp3) is 0. The van der Waals surface area contributed by atoms with E-state index in [2.05, 4.69) is 9.97 Å². The first kappa shape index (κ1) is 11.0. The van der Waals surface area contributed by atoms with Gasteiger partial charge in [-0.05, 0) is 35.4 Å². The minimum Gasteiger partial charge on any atom is -0.265 e. The van der Waals surface area contributed by atoms with Gasteiger partial charge in [0.05, 0.1) is 0 Å². The van der Waals surface area contributed by atoms with E-state index in [0.29, 0.717) is 0 Å². The molecule has 0 saturated carbocycles. The van der Waals surface area contributed by atoms with Crippen LogP contribution in [0.2, 0.25) is 0 Å². The summed E-state index contributed by atoms with van der Waals surface area (Å²) in [6.45, 7) is 0. The smallest absolute Gasteiger partial charge is 0.265 e. The second kappa shape index (κ2) is 5.62. The molecule has 0 radical (unpaired) electrons. The molecule has 0 atom stereocenters. The first-order chi connectivity index (χ1) is 5.97. The van der Waals surface area contributed by atoms with Gasteiger partial charge in [-0.3, -0.25) is 9.97 Å². The first-order valence-corrected chi connectivity index (χ1v) is 3.77. The third-order valence-corrected chi connectivity index (χ3v) is 1.69. The summed E-state index contributed by atoms with van der Waals surface area (Å²) in [7, 11) is 0. The fourth-order valence-corrected chi connectivity index (χ4v) is 1.09. The molecule has 58 valence electrons. The van der Waals surface area contributed by atoms with Crippen molar-refractivity contribution in [2.75, 3.05) is 0 Å². The van der Waals surface area contributed by atoms with Crippen LogP contribution in [-0.4, -0.2) is 9.97 Å². The quantitative estimate of drug-likeness (QED) is 0.554. The molecule has 2 nitrogen and oxygen atoms in total. The molecule has 0 amide bonds. The molecule has 0 aromatic carbocycles. The van der Waals surface area contributed by atoms with E-state index in [1.54, 1.807) is 24.8 Å². The molecule has 0 spiro atoms. The first-order valence-electron chi connectivity index (χ1n) is 3.77. The second-order valence-electron chi connectivity index (χ2n) is 2.47. The maximum Gasteiger partial charge on any atom is 1.00 e. The van der Waals surface area contributed by atoms with E-state index in [1.807, 2.05) is 24.3 Å². The Hall–Kier alpha value is -0.0636. The summed E-state index contributed by atoms with van der Waals surface area (Å²) >= 11 is 0. The molecular formula is C10H8KN2+. The summed E-state index contributed by atoms with van der Waals surface area (Å²) in [6.07, 6.45) is 7.15. The maximum atomic E-state index is 3.96. The molecule has 0 unspecified atom stereocenters. The van der Waals surface area contributed by atoms with Crippen LogP contribution in [0.5, 0.6) is 0 Å². The van der Waals surface area contributed by atoms with Crippen LogP contribution in [0.25, 0.3) is 11.1 Å². The summed E-state index contributed by atoms with van der Waals surface area (Å²) in [5.41, 5.74) is 2.35. The number of nitrogens with zero attached hydrogens (tertiary/aromatic N) is 2. The third-order valence-electron chi connectivity index (χ3n) is 1.69. The van der Waals surface area contributed by atoms with Gasteiger partial charge >= 0.3 is 51.4 Å². The minimum absolute atomic E-state index is 0. The predicted octanol–water partition coefficient (Wildman–Crippen LogP) is -0.852. The molecule has 0 bridgehead atoms. The van der Waals surface area contributed by atoms with E-state index in [9.17, 15) is 0 Å². The summed E-state index contributed by atoms with van der Waals surface area (Å²) in [6, 6.07) is 7.93. The van der Waals surface area contributed by atoms with Crippen LogP contribution in [0, 0.1) is 0 Å². The average Bonchev–Trinajstić information content (AvgIpc) is 2.21. The Morgan fingerprint density at radius 2 is 0.923 bits per heavy atom. The van der Waals surface area contributed by atoms with Gasteiger partial charge in [0.15, 0.2) is 0 Å². The molecule has 2 aromatic heterocycles. The Labute approximate surface area is 120 Å². The van der Waals surface area contributed by atoms with Crippen LogP contribution in [-0.2, 0) is 0 Å². The largest absolute Gasteiger partial charge is 1.00 e. The SMILES string of the molecule is [K+].c1cc(-c2ccncc2)ccn1. The molecule has 13 heavy (non-hydrogen) atoms. The molecule has 0 aliphatic carbocycles. The molecule has 2 rings (SSSR count). The monoisotopic (exact) mass is 195 g/mol. The summed E-state index contributed by atoms with van der Waals surface area (Å²) in [4.78, 5) is 7.91. The van der Waals surface area contributed by atoms with Gasteiger partial charge in [-0.1, -0.05) is 0 Å². The molecule has 0 aliphatic heterocycles. The van der Waals surface area contributed by atoms with E-state index in [-0.39, 0.29) is 51.4 Å². The van der Waals surface area contributed by atoms with Crippen molar-refractivity contribution in [3.8, 4) is 11.1 Å². The van der Waals surface area contributed by atoms with Crippen LogP contribution < -0.4 is 51.4 Å². The van der Waals surface area contributed by atoms with Crippen LogP contribution in [0.15, 0.2) is 49.1 Å². The van der Waals surface area contributed by atoms with Crippen LogP contribution in [0.3, 0.4) is 0 Å². The fourth-order valence-electron chi connectivity index (χ4n) is 1.09. The number of aromatic nitrogens is 2. The second-order valence-corrected chi connectivity index (χ2v) is 2.47. The summed E-state index contributed by atoms with van der Waals surface area (Å²) < 4.78 is 0. The van der Waals surface area contributed by atoms with Gasteiger partial charge in [0, 0.05) is 24.8 Å². The van der Waals surface area contributed by atoms with E-state index >= 15 is 0 Å². The number of rotatable bonds is 1. The Bertz CT molecular complexity index is 310. The van der Waals surface area contributed by atoms with E-state index < -0.39 is 0 Å². The van der Waals surface area contributed by atoms with Crippen molar-refractivity contribution < 1.29 is 51.4 Å². The average molecular weight is 195 g/mol. The Kier molecular flexibility index (Phi) is 4.76. The van der Waals surface area contributed by atoms with E-state index in [4.69, 9.17) is 0 Å². The van der Waals surface area contributed by atoms with Crippen molar-refractivity contribution >= 4 is 0 Å². The van der Waals surface area contributed by atoms with Gasteiger partial charge in [-0.2, -0.15) is 0 Å². The van der Waals surface area contributed by atoms with Gasteiger partial charge in [0.1, 0.15) is 0 Å². The van der Waals surface area contributed by atoms with Crippen molar-refractivity contribution in [3.63, 3.8) is 0 Å². The Balaban J connectivity index is 0.000000845. The van der Waals surface area contributed by atoms with Crippen molar-refractivity contribution in [2.45, 2.75) is 0 Å². The van der Waals surface area contributed by atoms with E-state index in [0.717, 1.165) is 0 Å². The van der Waals surface area contributed by atoms with Crippen molar-refractivity contribution in [3.05, 3.63) is 49.1 Å². The van der Waals surface area contributed by atoms with Crippen LogP contribution >= 0.6 is 0 Å². The Morgan fingerprint density at radius 1 is 0.615 bits per heavy atom. The van der Waals surface area contributed by atoms with E-state index in [1.165, 1.54) is 11.1 Å². The molecule has 0 aliphatic rings. The minimum atomic E-state index is 0. The normalized spacial score (nSPS) is 8.92. The number of pyridine rings is 2. The molecule has 0 saturated heterocycles. The molecule has 2 aromatic rings. The molecule has 3 heteroatoms. The van der Waals surface area contributed by atoms with Gasteiger partial charge in [-0.15, -0.1) is 0 Å². The summed E-state index contributed by atoms with van der Waals surface area (Å²) in [5, 5.41) is 0. The van der Waals surface area contributed by atoms with Crippen LogP contribution in [0.1, 0.15) is 0 Å². The van der Waals surface area contributed by atoms with Gasteiger partial charge in [0.25, 0.3) is 0 Å². The number of hydrogen-bond acceptors (Lipinski definition) is 2. The third kappa shape index (κ3) is 2.97. The van der Waals surface area contributed by atoms with Crippen molar-refractivity contribution in [1.82, 2.24) is 9.97 Å². The van der Waals surface area contributed by atoms with Crippen LogP contribution in [0.4, 0.5) is 0 Å². The zero-order chi connectivity index (χ0) is 8.23. The molecule has 2 heterocycles. The molecular weight excluding hydrogens is 187 g/mol. The standard InChI is InChI=1S/C10H8N2.K/c1-5-11-6-2-9(1)10-3-7-12-8-4-10;/h1-8H;/q;+1. The van der Waals surface area contributed by atoms with Crippen molar-refractivity contribution in [1.29, 1.82) is 0 Å². The summed E-state index contributed by atoms with van der Waals surface area (Å²) in [5.74, 6) is 0. The van der Waals surface area contributed by atoms with Crippen molar-refractivity contribution in [2.24, 2.45) is 0 Å². The maximum absolute atomic E-state index is 3.96. The Morgan fingerprint density at radius 3 is 1.23 bits per heavy atom. The predicted molar refractivity (Wildman–Crippen MR) is 47.5 cm³/mol. The van der Waals surface area contributed by atoms with Gasteiger partial charge < -0.3 is 0 Å².